The average Bonchev–Trinajstić information content (AvgIpc) is 2.91. The van der Waals surface area contributed by atoms with Gasteiger partial charge in [0.05, 0.1) is 34.5 Å². The van der Waals surface area contributed by atoms with Gasteiger partial charge in [0.2, 0.25) is 0 Å². The maximum absolute atomic E-state index is 13.8. The number of nitrogens with zero attached hydrogens (tertiary/aromatic N) is 5. The monoisotopic (exact) mass is 562 g/mol. The van der Waals surface area contributed by atoms with E-state index in [9.17, 15) is 18.0 Å². The summed E-state index contributed by atoms with van der Waals surface area (Å²) in [6.45, 7) is 3.94. The van der Waals surface area contributed by atoms with Crippen molar-refractivity contribution in [2.45, 2.75) is 24.2 Å². The van der Waals surface area contributed by atoms with Gasteiger partial charge >= 0.3 is 6.18 Å². The lowest BCUT2D eigenvalue weighted by atomic mass is 10.1. The number of carbonyl (C=O) groups is 1. The molecular weight excluding hydrogens is 537 g/mol. The summed E-state index contributed by atoms with van der Waals surface area (Å²) >= 11 is 7.86. The number of aromatic nitrogens is 2. The Bertz CT molecular complexity index is 1320. The van der Waals surface area contributed by atoms with Crippen LogP contribution in [0.2, 0.25) is 5.02 Å². The van der Waals surface area contributed by atoms with Crippen LogP contribution in [0.4, 0.5) is 24.5 Å². The Balaban J connectivity index is 1.37. The minimum absolute atomic E-state index is 0.0611. The van der Waals surface area contributed by atoms with Crippen molar-refractivity contribution in [3.63, 3.8) is 0 Å². The zero-order chi connectivity index (χ0) is 26.9. The molecule has 200 valence electrons. The second-order valence-electron chi connectivity index (χ2n) is 9.42. The van der Waals surface area contributed by atoms with Crippen LogP contribution in [-0.2, 0) is 19.3 Å². The number of hydrogen-bond acceptors (Lipinski definition) is 7. The molecule has 0 aliphatic carbocycles. The Morgan fingerprint density at radius 3 is 2.55 bits per heavy atom. The molecule has 1 saturated heterocycles. The summed E-state index contributed by atoms with van der Waals surface area (Å²) in [5, 5.41) is 2.34. The van der Waals surface area contributed by atoms with Gasteiger partial charge in [-0.3, -0.25) is 9.69 Å². The van der Waals surface area contributed by atoms with Crippen LogP contribution in [0.5, 0.6) is 0 Å². The smallest absolute Gasteiger partial charge is 0.355 e. The number of fused-ring (bicyclic) bond motifs is 1. The molecule has 0 unspecified atom stereocenters. The van der Waals surface area contributed by atoms with Crippen molar-refractivity contribution in [2.75, 3.05) is 49.3 Å². The highest BCUT2D eigenvalue weighted by molar-refractivity contribution is 7.99. The standard InChI is InChI=1S/C26H26ClF3N6OS/c1-34-4-6-35(7-5-34)13-19-9-20(10-22(24(19)27)26(28,29)30)33-25(37)17-2-3-23-18(8-17)14-36(16-38-23)21-11-31-15-32-12-21/h2-3,8-12,15H,4-7,13-14,16H2,1H3,(H,33,37). The molecule has 0 saturated carbocycles. The number of rotatable bonds is 5. The second kappa shape index (κ2) is 11.1. The first-order valence-corrected chi connectivity index (χ1v) is 13.4. The fourth-order valence-corrected chi connectivity index (χ4v) is 5.82. The zero-order valence-corrected chi connectivity index (χ0v) is 22.2. The largest absolute Gasteiger partial charge is 0.417 e. The van der Waals surface area contributed by atoms with Crippen molar-refractivity contribution in [2.24, 2.45) is 0 Å². The number of benzene rings is 2. The number of carbonyl (C=O) groups excluding carboxylic acids is 1. The summed E-state index contributed by atoms with van der Waals surface area (Å²) in [7, 11) is 2.01. The Morgan fingerprint density at radius 2 is 1.84 bits per heavy atom. The van der Waals surface area contributed by atoms with Crippen molar-refractivity contribution in [1.82, 2.24) is 19.8 Å². The molecule has 0 radical (unpaired) electrons. The van der Waals surface area contributed by atoms with E-state index < -0.39 is 17.6 Å². The van der Waals surface area contributed by atoms with Crippen molar-refractivity contribution < 1.29 is 18.0 Å². The molecule has 3 aromatic rings. The summed E-state index contributed by atoms with van der Waals surface area (Å²) < 4.78 is 41.5. The van der Waals surface area contributed by atoms with E-state index in [2.05, 4.69) is 30.0 Å². The van der Waals surface area contributed by atoms with Crippen molar-refractivity contribution >= 4 is 40.6 Å². The topological polar surface area (TPSA) is 64.6 Å². The number of alkyl halides is 3. The van der Waals surface area contributed by atoms with Gasteiger partial charge in [-0.1, -0.05) is 11.6 Å². The molecule has 2 aromatic carbocycles. The zero-order valence-electron chi connectivity index (χ0n) is 20.6. The quantitative estimate of drug-likeness (QED) is 0.457. The fraction of sp³-hybridized carbons (Fsp3) is 0.346. The second-order valence-corrected chi connectivity index (χ2v) is 10.8. The number of piperazine rings is 1. The van der Waals surface area contributed by atoms with Crippen LogP contribution in [0.25, 0.3) is 0 Å². The minimum atomic E-state index is -4.65. The first kappa shape index (κ1) is 26.7. The maximum Gasteiger partial charge on any atom is 0.417 e. The predicted octanol–water partition coefficient (Wildman–Crippen LogP) is 5.22. The van der Waals surface area contributed by atoms with E-state index in [-0.39, 0.29) is 17.3 Å². The Kier molecular flexibility index (Phi) is 7.80. The minimum Gasteiger partial charge on any atom is -0.355 e. The Labute approximate surface area is 228 Å². The molecule has 0 atom stereocenters. The maximum atomic E-state index is 13.8. The van der Waals surface area contributed by atoms with E-state index in [0.717, 1.165) is 48.4 Å². The van der Waals surface area contributed by atoms with Crippen LogP contribution in [0.1, 0.15) is 27.0 Å². The number of thioether (sulfide) groups is 1. The average molecular weight is 563 g/mol. The first-order valence-electron chi connectivity index (χ1n) is 12.0. The lowest BCUT2D eigenvalue weighted by Crippen LogP contribution is -2.43. The molecule has 1 amide bonds. The molecule has 1 aromatic heterocycles. The molecule has 0 bridgehead atoms. The van der Waals surface area contributed by atoms with E-state index in [0.29, 0.717) is 23.5 Å². The third kappa shape index (κ3) is 6.06. The summed E-state index contributed by atoms with van der Waals surface area (Å²) in [4.78, 5) is 28.7. The first-order chi connectivity index (χ1) is 18.2. The molecule has 1 fully saturated rings. The fourth-order valence-electron chi connectivity index (χ4n) is 4.53. The normalized spacial score (nSPS) is 16.8. The van der Waals surface area contributed by atoms with Gasteiger partial charge in [-0.2, -0.15) is 13.2 Å². The van der Waals surface area contributed by atoms with E-state index in [1.807, 2.05) is 13.1 Å². The van der Waals surface area contributed by atoms with E-state index in [4.69, 9.17) is 11.6 Å². The number of halogens is 4. The number of anilines is 2. The molecule has 2 aliphatic rings. The van der Waals surface area contributed by atoms with Gasteiger partial charge in [-0.25, -0.2) is 9.97 Å². The molecule has 5 rings (SSSR count). The van der Waals surface area contributed by atoms with Gasteiger partial charge < -0.3 is 15.1 Å². The van der Waals surface area contributed by atoms with Gasteiger partial charge in [0.25, 0.3) is 5.91 Å². The number of likely N-dealkylation sites (N-methyl/N-ethyl adjacent to an activating group) is 1. The summed E-state index contributed by atoms with van der Waals surface area (Å²) in [5.41, 5.74) is 1.62. The molecular formula is C26H26ClF3N6OS. The molecule has 38 heavy (non-hydrogen) atoms. The predicted molar refractivity (Wildman–Crippen MR) is 143 cm³/mol. The van der Waals surface area contributed by atoms with Crippen LogP contribution in [0, 0.1) is 0 Å². The molecule has 3 heterocycles. The van der Waals surface area contributed by atoms with Crippen molar-refractivity contribution in [1.29, 1.82) is 0 Å². The summed E-state index contributed by atoms with van der Waals surface area (Å²) in [6, 6.07) is 7.78. The van der Waals surface area contributed by atoms with Gasteiger partial charge in [-0.05, 0) is 48.5 Å². The summed E-state index contributed by atoms with van der Waals surface area (Å²) in [5.74, 6) is 0.228. The number of amides is 1. The van der Waals surface area contributed by atoms with Gasteiger partial charge in [-0.15, -0.1) is 11.8 Å². The van der Waals surface area contributed by atoms with Crippen LogP contribution < -0.4 is 10.2 Å². The van der Waals surface area contributed by atoms with E-state index in [1.54, 1.807) is 42.4 Å². The molecule has 2 aliphatic heterocycles. The molecule has 1 N–H and O–H groups in total. The lowest BCUT2D eigenvalue weighted by Gasteiger charge is -2.32. The molecule has 0 spiro atoms. The SMILES string of the molecule is CN1CCN(Cc2cc(NC(=O)c3ccc4c(c3)CN(c3cncnc3)CS4)cc(C(F)(F)F)c2Cl)CC1. The van der Waals surface area contributed by atoms with Gasteiger partial charge in [0.1, 0.15) is 6.33 Å². The van der Waals surface area contributed by atoms with Crippen LogP contribution >= 0.6 is 23.4 Å². The summed E-state index contributed by atoms with van der Waals surface area (Å²) in [6.07, 6.45) is 0.276. The highest BCUT2D eigenvalue weighted by Crippen LogP contribution is 2.39. The third-order valence-electron chi connectivity index (χ3n) is 6.67. The molecule has 12 heteroatoms. The van der Waals surface area contributed by atoms with E-state index in [1.165, 1.54) is 6.33 Å². The Hall–Kier alpha value is -2.86. The van der Waals surface area contributed by atoms with Crippen LogP contribution in [0.3, 0.4) is 0 Å². The van der Waals surface area contributed by atoms with Gasteiger partial charge in [0.15, 0.2) is 0 Å². The lowest BCUT2D eigenvalue weighted by molar-refractivity contribution is -0.137. The highest BCUT2D eigenvalue weighted by atomic mass is 35.5. The highest BCUT2D eigenvalue weighted by Gasteiger charge is 2.35. The number of hydrogen-bond donors (Lipinski definition) is 1. The third-order valence-corrected chi connectivity index (χ3v) is 8.27. The van der Waals surface area contributed by atoms with Crippen molar-refractivity contribution in [3.8, 4) is 0 Å². The Morgan fingerprint density at radius 1 is 1.11 bits per heavy atom. The van der Waals surface area contributed by atoms with Crippen LogP contribution in [-0.4, -0.2) is 64.8 Å². The van der Waals surface area contributed by atoms with Crippen molar-refractivity contribution in [3.05, 3.63) is 76.3 Å². The number of nitrogens with one attached hydrogen (secondary N) is 1. The van der Waals surface area contributed by atoms with E-state index >= 15 is 0 Å². The van der Waals surface area contributed by atoms with Gasteiger partial charge in [0, 0.05) is 55.4 Å². The molecule has 7 nitrogen and oxygen atoms in total. The van der Waals surface area contributed by atoms with Crippen LogP contribution in [0.15, 0.2) is 53.9 Å².